The van der Waals surface area contributed by atoms with Gasteiger partial charge in [-0.3, -0.25) is 4.79 Å². The molecule has 0 unspecified atom stereocenters. The number of aromatic nitrogens is 5. The number of fused-ring (bicyclic) bond motifs is 2. The molecule has 1 aliphatic carbocycles. The van der Waals surface area contributed by atoms with Crippen LogP contribution < -0.4 is 15.6 Å². The molecule has 3 aromatic heterocycles. The van der Waals surface area contributed by atoms with E-state index in [1.54, 1.807) is 10.8 Å². The number of pyridine rings is 1. The minimum absolute atomic E-state index is 0.243. The maximum Gasteiger partial charge on any atom is 0.278 e. The number of rotatable bonds is 8. The zero-order valence-electron chi connectivity index (χ0n) is 24.2. The zero-order valence-corrected chi connectivity index (χ0v) is 24.2. The van der Waals surface area contributed by atoms with Crippen LogP contribution >= 0.6 is 0 Å². The number of halogens is 1. The summed E-state index contributed by atoms with van der Waals surface area (Å²) in [4.78, 5) is 29.3. The van der Waals surface area contributed by atoms with E-state index < -0.39 is 17.9 Å². The Morgan fingerprint density at radius 2 is 2.12 bits per heavy atom. The molecular weight excluding hydrogens is 537 g/mol. The Bertz CT molecular complexity index is 1720. The van der Waals surface area contributed by atoms with Crippen LogP contribution in [0.1, 0.15) is 43.0 Å². The van der Waals surface area contributed by atoms with Crippen molar-refractivity contribution >= 4 is 22.7 Å². The van der Waals surface area contributed by atoms with Crippen LogP contribution in [0.2, 0.25) is 0 Å². The molecule has 10 nitrogen and oxygen atoms in total. The fraction of sp³-hybridized carbons (Fsp3) is 0.419. The van der Waals surface area contributed by atoms with Crippen molar-refractivity contribution in [2.75, 3.05) is 25.5 Å². The second-order valence-corrected chi connectivity index (χ2v) is 11.3. The van der Waals surface area contributed by atoms with Crippen LogP contribution in [0, 0.1) is 6.92 Å². The quantitative estimate of drug-likeness (QED) is 0.302. The molecule has 42 heavy (non-hydrogen) atoms. The first-order chi connectivity index (χ1) is 20.2. The summed E-state index contributed by atoms with van der Waals surface area (Å²) in [6.07, 6.45) is 4.19. The van der Waals surface area contributed by atoms with Crippen LogP contribution in [0.25, 0.3) is 16.9 Å². The Kier molecular flexibility index (Phi) is 7.32. The van der Waals surface area contributed by atoms with Crippen LogP contribution in [0.15, 0.2) is 54.0 Å². The molecule has 0 radical (unpaired) electrons. The number of nitrogens with zero attached hydrogens (tertiary/aromatic N) is 6. The number of aryl methyl sites for hydroxylation is 2. The van der Waals surface area contributed by atoms with Gasteiger partial charge in [-0.2, -0.15) is 4.98 Å². The van der Waals surface area contributed by atoms with E-state index in [0.717, 1.165) is 29.8 Å². The molecule has 1 aliphatic heterocycles. The first-order valence-electron chi connectivity index (χ1n) is 14.4. The Labute approximate surface area is 243 Å². The van der Waals surface area contributed by atoms with E-state index >= 15 is 0 Å². The number of piperidine rings is 1. The van der Waals surface area contributed by atoms with Gasteiger partial charge in [-0.15, -0.1) is 6.58 Å². The van der Waals surface area contributed by atoms with Crippen molar-refractivity contribution in [3.63, 3.8) is 0 Å². The van der Waals surface area contributed by atoms with Crippen LogP contribution in [-0.4, -0.2) is 66.7 Å². The fourth-order valence-electron chi connectivity index (χ4n) is 5.93. The predicted molar refractivity (Wildman–Crippen MR) is 160 cm³/mol. The van der Waals surface area contributed by atoms with Crippen LogP contribution in [0.4, 0.5) is 16.0 Å². The van der Waals surface area contributed by atoms with Gasteiger partial charge in [0.05, 0.1) is 12.2 Å². The van der Waals surface area contributed by atoms with E-state index in [9.17, 15) is 14.3 Å². The third-order valence-electron chi connectivity index (χ3n) is 8.39. The van der Waals surface area contributed by atoms with Gasteiger partial charge in [0.15, 0.2) is 11.5 Å². The SMILES string of the molecule is C=CCn1c(=O)c2cnc(Nc3ccc(O[C@@H]4CCN(C)C[C@@H]4F)c(C)c3)nc2n1-c1ccc2c(n1)[C@@](O)(CC)CC2. The van der Waals surface area contributed by atoms with Gasteiger partial charge in [0.2, 0.25) is 5.95 Å². The molecule has 4 aromatic rings. The number of allylic oxidation sites excluding steroid dienone is 1. The summed E-state index contributed by atoms with van der Waals surface area (Å²) in [6, 6.07) is 9.36. The molecule has 1 saturated heterocycles. The second kappa shape index (κ2) is 11.0. The molecule has 2 aliphatic rings. The largest absolute Gasteiger partial charge is 0.487 e. The van der Waals surface area contributed by atoms with Crippen molar-refractivity contribution in [3.8, 4) is 11.6 Å². The number of ether oxygens (including phenoxy) is 1. The zero-order chi connectivity index (χ0) is 29.6. The number of anilines is 2. The number of likely N-dealkylation sites (tertiary alicyclic amines) is 1. The van der Waals surface area contributed by atoms with Crippen LogP contribution in [-0.2, 0) is 18.6 Å². The molecule has 11 heteroatoms. The first kappa shape index (κ1) is 28.0. The van der Waals surface area contributed by atoms with Gasteiger partial charge >= 0.3 is 0 Å². The maximum absolute atomic E-state index is 14.5. The lowest BCUT2D eigenvalue weighted by Crippen LogP contribution is -2.45. The van der Waals surface area contributed by atoms with E-state index in [1.165, 1.54) is 10.9 Å². The van der Waals surface area contributed by atoms with Gasteiger partial charge in [0.1, 0.15) is 29.0 Å². The monoisotopic (exact) mass is 573 g/mol. The summed E-state index contributed by atoms with van der Waals surface area (Å²) in [5.41, 5.74) is 2.36. The summed E-state index contributed by atoms with van der Waals surface area (Å²) in [7, 11) is 1.91. The first-order valence-corrected chi connectivity index (χ1v) is 14.4. The van der Waals surface area contributed by atoms with Crippen molar-refractivity contribution in [1.29, 1.82) is 0 Å². The predicted octanol–water partition coefficient (Wildman–Crippen LogP) is 4.18. The Hall–Kier alpha value is -4.09. The number of aliphatic hydroxyl groups is 1. The molecule has 4 heterocycles. The summed E-state index contributed by atoms with van der Waals surface area (Å²) in [5.74, 6) is 1.42. The minimum atomic E-state index is -1.04. The second-order valence-electron chi connectivity index (χ2n) is 11.3. The van der Waals surface area contributed by atoms with E-state index in [0.29, 0.717) is 60.1 Å². The lowest BCUT2D eigenvalue weighted by molar-refractivity contribution is 0.0306. The summed E-state index contributed by atoms with van der Waals surface area (Å²) in [6.45, 7) is 9.07. The minimum Gasteiger partial charge on any atom is -0.487 e. The number of hydrogen-bond acceptors (Lipinski definition) is 8. The van der Waals surface area contributed by atoms with Gasteiger partial charge in [0.25, 0.3) is 5.56 Å². The van der Waals surface area contributed by atoms with Crippen LogP contribution in [0.3, 0.4) is 0 Å². The molecule has 6 rings (SSSR count). The number of benzene rings is 1. The highest BCUT2D eigenvalue weighted by Gasteiger charge is 2.37. The molecule has 1 fully saturated rings. The molecule has 0 saturated carbocycles. The molecular formula is C31H36FN7O3. The fourth-order valence-corrected chi connectivity index (χ4v) is 5.93. The highest BCUT2D eigenvalue weighted by atomic mass is 19.1. The number of nitrogens with one attached hydrogen (secondary N) is 1. The number of alkyl halides is 1. The van der Waals surface area contributed by atoms with E-state index in [4.69, 9.17) is 14.7 Å². The van der Waals surface area contributed by atoms with Crippen LogP contribution in [0.5, 0.6) is 5.75 Å². The average Bonchev–Trinajstić information content (AvgIpc) is 3.45. The Morgan fingerprint density at radius 3 is 2.86 bits per heavy atom. The van der Waals surface area contributed by atoms with Gasteiger partial charge in [-0.1, -0.05) is 19.1 Å². The molecule has 220 valence electrons. The summed E-state index contributed by atoms with van der Waals surface area (Å²) >= 11 is 0. The average molecular weight is 574 g/mol. The van der Waals surface area contributed by atoms with Crippen molar-refractivity contribution in [2.45, 2.75) is 64.0 Å². The maximum atomic E-state index is 14.5. The summed E-state index contributed by atoms with van der Waals surface area (Å²) in [5, 5.41) is 14.7. The van der Waals surface area contributed by atoms with Gasteiger partial charge < -0.3 is 20.1 Å². The highest BCUT2D eigenvalue weighted by Crippen LogP contribution is 2.38. The Morgan fingerprint density at radius 1 is 1.29 bits per heavy atom. The molecule has 0 amide bonds. The highest BCUT2D eigenvalue weighted by molar-refractivity contribution is 5.77. The summed E-state index contributed by atoms with van der Waals surface area (Å²) < 4.78 is 23.7. The van der Waals surface area contributed by atoms with Crippen molar-refractivity contribution < 1.29 is 14.2 Å². The molecule has 0 bridgehead atoms. The van der Waals surface area contributed by atoms with Gasteiger partial charge in [-0.25, -0.2) is 23.7 Å². The standard InChI is InChI=1S/C31H36FN7O3/c1-5-14-38-29(40)22-17-33-30(34-21-8-9-24(19(3)16-21)42-25-12-15-37(4)18-23(25)32)36-28(22)39(38)26-10-7-20-11-13-31(41,6-2)27(20)35-26/h5,7-10,16-17,23,25,41H,1,6,11-15,18H2,2-4H3,(H,33,34,36)/t23-,25+,31+/m0/s1. The van der Waals surface area contributed by atoms with Crippen molar-refractivity contribution in [3.05, 3.63) is 76.4 Å². The van der Waals surface area contributed by atoms with E-state index in [2.05, 4.69) is 16.9 Å². The van der Waals surface area contributed by atoms with E-state index in [1.807, 2.05) is 56.1 Å². The molecule has 2 N–H and O–H groups in total. The molecule has 0 spiro atoms. The van der Waals surface area contributed by atoms with E-state index in [-0.39, 0.29) is 12.1 Å². The van der Waals surface area contributed by atoms with Gasteiger partial charge in [-0.05, 0) is 75.0 Å². The third-order valence-corrected chi connectivity index (χ3v) is 8.39. The topological polar surface area (TPSA) is 110 Å². The third kappa shape index (κ3) is 4.96. The molecule has 3 atom stereocenters. The normalized spacial score (nSPS) is 22.3. The smallest absolute Gasteiger partial charge is 0.278 e. The molecule has 1 aromatic carbocycles. The lowest BCUT2D eigenvalue weighted by Gasteiger charge is -2.32. The Balaban J connectivity index is 1.33. The number of hydrogen-bond donors (Lipinski definition) is 2. The van der Waals surface area contributed by atoms with Crippen molar-refractivity contribution in [2.24, 2.45) is 0 Å². The van der Waals surface area contributed by atoms with Crippen molar-refractivity contribution in [1.82, 2.24) is 29.2 Å². The lowest BCUT2D eigenvalue weighted by atomic mass is 9.98. The van der Waals surface area contributed by atoms with Gasteiger partial charge in [0, 0.05) is 25.0 Å².